The smallest absolute Gasteiger partial charge is 0.308 e. The Morgan fingerprint density at radius 2 is 1.52 bits per heavy atom. The Labute approximate surface area is 123 Å². The molecular formula is C17H16O4. The molecule has 2 aromatic rings. The topological polar surface area (TPSA) is 55.8 Å². The fraction of sp³-hybridized carbons (Fsp3) is 0.118. The van der Waals surface area contributed by atoms with E-state index >= 15 is 0 Å². The van der Waals surface area contributed by atoms with E-state index in [1.54, 1.807) is 24.3 Å². The molecule has 1 N–H and O–H groups in total. The van der Waals surface area contributed by atoms with Crippen LogP contribution in [-0.2, 0) is 4.79 Å². The van der Waals surface area contributed by atoms with Gasteiger partial charge < -0.3 is 14.6 Å². The highest BCUT2D eigenvalue weighted by Gasteiger charge is 2.03. The monoisotopic (exact) mass is 284 g/mol. The highest BCUT2D eigenvalue weighted by atomic mass is 16.6. The third kappa shape index (κ3) is 4.19. The molecule has 0 aromatic heterocycles. The van der Waals surface area contributed by atoms with Gasteiger partial charge in [0.1, 0.15) is 11.5 Å². The molecule has 0 saturated carbocycles. The summed E-state index contributed by atoms with van der Waals surface area (Å²) in [4.78, 5) is 10.9. The van der Waals surface area contributed by atoms with E-state index < -0.39 is 6.29 Å². The normalized spacial score (nSPS) is 11.5. The Bertz CT molecular complexity index is 614. The molecule has 0 heterocycles. The van der Waals surface area contributed by atoms with Crippen LogP contribution >= 0.6 is 0 Å². The standard InChI is InChI=1S/C17H16O4/c1-3-17(19)21-16-10-6-14(7-11-16)13-4-8-15(9-5-13)20-12(2)18/h3-11,17,19H,1H2,2H3. The van der Waals surface area contributed by atoms with Crippen LogP contribution in [0.15, 0.2) is 61.2 Å². The van der Waals surface area contributed by atoms with E-state index in [4.69, 9.17) is 9.47 Å². The van der Waals surface area contributed by atoms with Crippen molar-refractivity contribution in [3.05, 3.63) is 61.2 Å². The van der Waals surface area contributed by atoms with Crippen LogP contribution in [0.3, 0.4) is 0 Å². The van der Waals surface area contributed by atoms with Crippen LogP contribution in [0.4, 0.5) is 0 Å². The molecule has 2 rings (SSSR count). The predicted octanol–water partition coefficient (Wildman–Crippen LogP) is 3.16. The SMILES string of the molecule is C=CC(O)Oc1ccc(-c2ccc(OC(C)=O)cc2)cc1. The number of benzene rings is 2. The molecule has 108 valence electrons. The van der Waals surface area contributed by atoms with Crippen molar-refractivity contribution in [2.24, 2.45) is 0 Å². The number of aliphatic hydroxyl groups is 1. The maximum absolute atomic E-state index is 10.9. The minimum atomic E-state index is -1.01. The number of hydrogen-bond donors (Lipinski definition) is 1. The molecule has 0 radical (unpaired) electrons. The van der Waals surface area contributed by atoms with Gasteiger partial charge in [0.25, 0.3) is 0 Å². The van der Waals surface area contributed by atoms with E-state index in [0.29, 0.717) is 11.5 Å². The van der Waals surface area contributed by atoms with Crippen LogP contribution in [0.2, 0.25) is 0 Å². The first kappa shape index (κ1) is 14.8. The molecule has 4 heteroatoms. The van der Waals surface area contributed by atoms with E-state index in [1.807, 2.05) is 24.3 Å². The van der Waals surface area contributed by atoms with Crippen LogP contribution in [0, 0.1) is 0 Å². The Morgan fingerprint density at radius 3 is 1.95 bits per heavy atom. The van der Waals surface area contributed by atoms with Crippen molar-refractivity contribution in [3.8, 4) is 22.6 Å². The molecule has 0 saturated heterocycles. The van der Waals surface area contributed by atoms with Crippen LogP contribution in [0.25, 0.3) is 11.1 Å². The van der Waals surface area contributed by atoms with Crippen molar-refractivity contribution < 1.29 is 19.4 Å². The second-order valence-corrected chi connectivity index (χ2v) is 4.39. The summed E-state index contributed by atoms with van der Waals surface area (Å²) < 4.78 is 10.2. The van der Waals surface area contributed by atoms with Crippen molar-refractivity contribution >= 4 is 5.97 Å². The lowest BCUT2D eigenvalue weighted by molar-refractivity contribution is -0.131. The van der Waals surface area contributed by atoms with Crippen molar-refractivity contribution in [2.75, 3.05) is 0 Å². The zero-order valence-electron chi connectivity index (χ0n) is 11.7. The molecule has 2 aromatic carbocycles. The third-order valence-corrected chi connectivity index (χ3v) is 2.76. The highest BCUT2D eigenvalue weighted by Crippen LogP contribution is 2.25. The van der Waals surface area contributed by atoms with Crippen molar-refractivity contribution in [2.45, 2.75) is 13.2 Å². The van der Waals surface area contributed by atoms with Gasteiger partial charge in [0, 0.05) is 6.92 Å². The Morgan fingerprint density at radius 1 is 1.05 bits per heavy atom. The predicted molar refractivity (Wildman–Crippen MR) is 80.0 cm³/mol. The van der Waals surface area contributed by atoms with Crippen molar-refractivity contribution in [1.82, 2.24) is 0 Å². The number of ether oxygens (including phenoxy) is 2. The lowest BCUT2D eigenvalue weighted by atomic mass is 10.1. The molecule has 0 aliphatic heterocycles. The molecule has 0 amide bonds. The molecule has 0 aliphatic carbocycles. The minimum absolute atomic E-state index is 0.343. The average Bonchev–Trinajstić information content (AvgIpc) is 2.48. The minimum Gasteiger partial charge on any atom is -0.461 e. The van der Waals surface area contributed by atoms with Crippen LogP contribution in [0.1, 0.15) is 6.92 Å². The number of aliphatic hydroxyl groups excluding tert-OH is 1. The summed E-state index contributed by atoms with van der Waals surface area (Å²) in [5.41, 5.74) is 1.98. The average molecular weight is 284 g/mol. The summed E-state index contributed by atoms with van der Waals surface area (Å²) in [5, 5.41) is 9.32. The largest absolute Gasteiger partial charge is 0.461 e. The second-order valence-electron chi connectivity index (χ2n) is 4.39. The van der Waals surface area contributed by atoms with Gasteiger partial charge in [0.05, 0.1) is 0 Å². The third-order valence-electron chi connectivity index (χ3n) is 2.76. The van der Waals surface area contributed by atoms with Gasteiger partial charge in [0.2, 0.25) is 6.29 Å². The maximum atomic E-state index is 10.9. The van der Waals surface area contributed by atoms with Crippen molar-refractivity contribution in [1.29, 1.82) is 0 Å². The first-order chi connectivity index (χ1) is 10.1. The van der Waals surface area contributed by atoms with Crippen LogP contribution < -0.4 is 9.47 Å². The van der Waals surface area contributed by atoms with Gasteiger partial charge in [0.15, 0.2) is 0 Å². The van der Waals surface area contributed by atoms with Crippen LogP contribution in [-0.4, -0.2) is 17.4 Å². The van der Waals surface area contributed by atoms with Crippen LogP contribution in [0.5, 0.6) is 11.5 Å². The summed E-state index contributed by atoms with van der Waals surface area (Å²) in [5.74, 6) is 0.730. The zero-order chi connectivity index (χ0) is 15.2. The zero-order valence-corrected chi connectivity index (χ0v) is 11.7. The summed E-state index contributed by atoms with van der Waals surface area (Å²) in [6.07, 6.45) is 0.292. The van der Waals surface area contributed by atoms with E-state index in [1.165, 1.54) is 13.0 Å². The number of carbonyl (C=O) groups is 1. The second kappa shape index (κ2) is 6.72. The first-order valence-corrected chi connectivity index (χ1v) is 6.44. The number of hydrogen-bond acceptors (Lipinski definition) is 4. The molecule has 0 aliphatic rings. The van der Waals surface area contributed by atoms with E-state index in [2.05, 4.69) is 6.58 Å². The molecule has 0 fully saturated rings. The van der Waals surface area contributed by atoms with Gasteiger partial charge in [-0.05, 0) is 41.5 Å². The highest BCUT2D eigenvalue weighted by molar-refractivity contribution is 5.70. The summed E-state index contributed by atoms with van der Waals surface area (Å²) in [7, 11) is 0. The Balaban J connectivity index is 2.11. The Hall–Kier alpha value is -2.59. The van der Waals surface area contributed by atoms with Gasteiger partial charge in [-0.1, -0.05) is 30.8 Å². The van der Waals surface area contributed by atoms with Gasteiger partial charge >= 0.3 is 5.97 Å². The molecule has 21 heavy (non-hydrogen) atoms. The van der Waals surface area contributed by atoms with Gasteiger partial charge in [-0.25, -0.2) is 0 Å². The summed E-state index contributed by atoms with van der Waals surface area (Å²) in [6.45, 7) is 4.81. The molecule has 0 bridgehead atoms. The number of esters is 1. The summed E-state index contributed by atoms with van der Waals surface area (Å²) >= 11 is 0. The molecule has 1 atom stereocenters. The van der Waals surface area contributed by atoms with Crippen molar-refractivity contribution in [3.63, 3.8) is 0 Å². The van der Waals surface area contributed by atoms with E-state index in [-0.39, 0.29) is 5.97 Å². The first-order valence-electron chi connectivity index (χ1n) is 6.44. The fourth-order valence-corrected chi connectivity index (χ4v) is 1.79. The fourth-order valence-electron chi connectivity index (χ4n) is 1.79. The van der Waals surface area contributed by atoms with Gasteiger partial charge in [-0.3, -0.25) is 4.79 Å². The lowest BCUT2D eigenvalue weighted by Gasteiger charge is -2.10. The van der Waals surface area contributed by atoms with E-state index in [9.17, 15) is 9.90 Å². The summed E-state index contributed by atoms with van der Waals surface area (Å²) in [6, 6.07) is 14.5. The lowest BCUT2D eigenvalue weighted by Crippen LogP contribution is -2.10. The molecule has 4 nitrogen and oxygen atoms in total. The maximum Gasteiger partial charge on any atom is 0.308 e. The number of carbonyl (C=O) groups excluding carboxylic acids is 1. The quantitative estimate of drug-likeness (QED) is 0.396. The van der Waals surface area contributed by atoms with Gasteiger partial charge in [-0.15, -0.1) is 0 Å². The number of rotatable bonds is 5. The Kier molecular flexibility index (Phi) is 4.74. The molecular weight excluding hydrogens is 268 g/mol. The molecule has 1 unspecified atom stereocenters. The molecule has 0 spiro atoms. The van der Waals surface area contributed by atoms with E-state index in [0.717, 1.165) is 11.1 Å². The van der Waals surface area contributed by atoms with Gasteiger partial charge in [-0.2, -0.15) is 0 Å².